The number of hydrogen-bond donors (Lipinski definition) is 1. The van der Waals surface area contributed by atoms with Crippen molar-refractivity contribution >= 4 is 17.4 Å². The van der Waals surface area contributed by atoms with Crippen LogP contribution in [0.15, 0.2) is 18.2 Å². The molecule has 0 aromatic heterocycles. The third-order valence-corrected chi connectivity index (χ3v) is 5.55. The molecule has 3 rings (SSSR count). The number of nitrogens with one attached hydrogen (secondary N) is 1. The van der Waals surface area contributed by atoms with Crippen molar-refractivity contribution in [1.29, 1.82) is 0 Å². The van der Waals surface area contributed by atoms with Crippen LogP contribution in [0.2, 0.25) is 0 Å². The molecule has 3 nitrogen and oxygen atoms in total. The molecule has 2 atom stereocenters. The van der Waals surface area contributed by atoms with Gasteiger partial charge in [0.25, 0.3) is 0 Å². The standard InChI is InChI=1S/C16H23NO2S/c1-12-9-13(3-4-15(12)18-2)17-14-5-7-19-16(10-14)6-8-20-11-16/h3-4,9,14,17H,5-8,10-11H2,1-2H3. The predicted molar refractivity (Wildman–Crippen MR) is 85.0 cm³/mol. The summed E-state index contributed by atoms with van der Waals surface area (Å²) in [5.74, 6) is 3.35. The highest BCUT2D eigenvalue weighted by Crippen LogP contribution is 2.39. The Labute approximate surface area is 125 Å². The molecule has 4 heteroatoms. The monoisotopic (exact) mass is 293 g/mol. The minimum absolute atomic E-state index is 0.141. The van der Waals surface area contributed by atoms with Crippen molar-refractivity contribution in [3.05, 3.63) is 23.8 Å². The van der Waals surface area contributed by atoms with E-state index in [2.05, 4.69) is 24.4 Å². The van der Waals surface area contributed by atoms with Crippen molar-refractivity contribution in [1.82, 2.24) is 0 Å². The molecule has 20 heavy (non-hydrogen) atoms. The summed E-state index contributed by atoms with van der Waals surface area (Å²) < 4.78 is 11.4. The van der Waals surface area contributed by atoms with Crippen LogP contribution < -0.4 is 10.1 Å². The van der Waals surface area contributed by atoms with Gasteiger partial charge in [0.1, 0.15) is 5.75 Å². The van der Waals surface area contributed by atoms with E-state index in [4.69, 9.17) is 9.47 Å². The molecule has 1 N–H and O–H groups in total. The van der Waals surface area contributed by atoms with Gasteiger partial charge in [-0.1, -0.05) is 0 Å². The van der Waals surface area contributed by atoms with Gasteiger partial charge >= 0.3 is 0 Å². The average Bonchev–Trinajstić information content (AvgIpc) is 2.87. The van der Waals surface area contributed by atoms with Crippen molar-refractivity contribution in [3.63, 3.8) is 0 Å². The van der Waals surface area contributed by atoms with E-state index in [1.54, 1.807) is 7.11 Å². The Kier molecular flexibility index (Phi) is 4.13. The molecule has 0 bridgehead atoms. The number of hydrogen-bond acceptors (Lipinski definition) is 4. The second kappa shape index (κ2) is 5.86. The molecule has 2 heterocycles. The van der Waals surface area contributed by atoms with Crippen LogP contribution in [0, 0.1) is 6.92 Å². The molecule has 2 aliphatic heterocycles. The molecule has 2 saturated heterocycles. The lowest BCUT2D eigenvalue weighted by Crippen LogP contribution is -2.44. The molecule has 0 saturated carbocycles. The molecular formula is C16H23NO2S. The van der Waals surface area contributed by atoms with E-state index < -0.39 is 0 Å². The van der Waals surface area contributed by atoms with Gasteiger partial charge in [-0.3, -0.25) is 0 Å². The van der Waals surface area contributed by atoms with Crippen molar-refractivity contribution in [2.24, 2.45) is 0 Å². The SMILES string of the molecule is COc1ccc(NC2CCOC3(CCSC3)C2)cc1C. The van der Waals surface area contributed by atoms with E-state index in [-0.39, 0.29) is 5.60 Å². The molecule has 2 unspecified atom stereocenters. The smallest absolute Gasteiger partial charge is 0.121 e. The topological polar surface area (TPSA) is 30.5 Å². The zero-order chi connectivity index (χ0) is 14.0. The number of benzene rings is 1. The normalized spacial score (nSPS) is 29.6. The minimum atomic E-state index is 0.141. The molecule has 1 spiro atoms. The number of thioether (sulfide) groups is 1. The highest BCUT2D eigenvalue weighted by molar-refractivity contribution is 7.99. The summed E-state index contributed by atoms with van der Waals surface area (Å²) in [5.41, 5.74) is 2.51. The molecule has 110 valence electrons. The maximum Gasteiger partial charge on any atom is 0.121 e. The fourth-order valence-electron chi connectivity index (χ4n) is 3.22. The van der Waals surface area contributed by atoms with Crippen molar-refractivity contribution in [3.8, 4) is 5.75 Å². The molecule has 2 aliphatic rings. The van der Waals surface area contributed by atoms with Gasteiger partial charge in [-0.05, 0) is 55.7 Å². The summed E-state index contributed by atoms with van der Waals surface area (Å²) in [6.45, 7) is 2.97. The molecular weight excluding hydrogens is 270 g/mol. The Bertz CT molecular complexity index is 472. The molecule has 0 aliphatic carbocycles. The van der Waals surface area contributed by atoms with Crippen LogP contribution >= 0.6 is 11.8 Å². The summed E-state index contributed by atoms with van der Waals surface area (Å²) in [6, 6.07) is 6.84. The fourth-order valence-corrected chi connectivity index (χ4v) is 4.60. The van der Waals surface area contributed by atoms with Crippen LogP contribution in [-0.2, 0) is 4.74 Å². The van der Waals surface area contributed by atoms with Crippen molar-refractivity contribution in [2.45, 2.75) is 37.8 Å². The van der Waals surface area contributed by atoms with E-state index in [9.17, 15) is 0 Å². The number of methoxy groups -OCH3 is 1. The third-order valence-electron chi connectivity index (χ3n) is 4.33. The van der Waals surface area contributed by atoms with Gasteiger partial charge in [0.2, 0.25) is 0 Å². The average molecular weight is 293 g/mol. The largest absolute Gasteiger partial charge is 0.496 e. The van der Waals surface area contributed by atoms with E-state index in [0.717, 1.165) is 31.0 Å². The summed E-state index contributed by atoms with van der Waals surface area (Å²) in [7, 11) is 1.72. The summed E-state index contributed by atoms with van der Waals surface area (Å²) in [6.07, 6.45) is 3.43. The summed E-state index contributed by atoms with van der Waals surface area (Å²) in [4.78, 5) is 0. The lowest BCUT2D eigenvalue weighted by Gasteiger charge is -2.38. The van der Waals surface area contributed by atoms with E-state index in [1.807, 2.05) is 17.8 Å². The van der Waals surface area contributed by atoms with Gasteiger partial charge in [0.15, 0.2) is 0 Å². The second-order valence-corrected chi connectivity index (χ2v) is 6.96. The van der Waals surface area contributed by atoms with Gasteiger partial charge in [-0.2, -0.15) is 11.8 Å². The highest BCUT2D eigenvalue weighted by atomic mass is 32.2. The lowest BCUT2D eigenvalue weighted by atomic mass is 9.89. The predicted octanol–water partition coefficient (Wildman–Crippen LogP) is 3.47. The van der Waals surface area contributed by atoms with Gasteiger partial charge in [0, 0.05) is 24.1 Å². The Morgan fingerprint density at radius 3 is 3.05 bits per heavy atom. The van der Waals surface area contributed by atoms with Gasteiger partial charge in [-0.15, -0.1) is 0 Å². The maximum atomic E-state index is 6.07. The first-order chi connectivity index (χ1) is 9.71. The van der Waals surface area contributed by atoms with E-state index in [0.29, 0.717) is 6.04 Å². The van der Waals surface area contributed by atoms with Crippen LogP contribution in [0.4, 0.5) is 5.69 Å². The Hall–Kier alpha value is -0.870. The van der Waals surface area contributed by atoms with Crippen LogP contribution in [0.1, 0.15) is 24.8 Å². The van der Waals surface area contributed by atoms with Crippen molar-refractivity contribution < 1.29 is 9.47 Å². The van der Waals surface area contributed by atoms with Gasteiger partial charge in [-0.25, -0.2) is 0 Å². The molecule has 0 radical (unpaired) electrons. The summed E-state index contributed by atoms with van der Waals surface area (Å²) >= 11 is 2.03. The number of ether oxygens (including phenoxy) is 2. The van der Waals surface area contributed by atoms with Crippen LogP contribution in [0.25, 0.3) is 0 Å². The molecule has 1 aromatic carbocycles. The molecule has 0 amide bonds. The Morgan fingerprint density at radius 1 is 1.45 bits per heavy atom. The maximum absolute atomic E-state index is 6.07. The third kappa shape index (κ3) is 2.91. The van der Waals surface area contributed by atoms with E-state index >= 15 is 0 Å². The van der Waals surface area contributed by atoms with E-state index in [1.165, 1.54) is 23.4 Å². The first kappa shape index (κ1) is 14.1. The summed E-state index contributed by atoms with van der Waals surface area (Å²) in [5, 5.41) is 3.68. The van der Waals surface area contributed by atoms with Crippen molar-refractivity contribution in [2.75, 3.05) is 30.5 Å². The first-order valence-electron chi connectivity index (χ1n) is 7.34. The first-order valence-corrected chi connectivity index (χ1v) is 8.49. The fraction of sp³-hybridized carbons (Fsp3) is 0.625. The van der Waals surface area contributed by atoms with Crippen LogP contribution in [-0.4, -0.2) is 36.9 Å². The lowest BCUT2D eigenvalue weighted by molar-refractivity contribution is -0.0628. The molecule has 2 fully saturated rings. The zero-order valence-corrected chi connectivity index (χ0v) is 13.1. The van der Waals surface area contributed by atoms with Gasteiger partial charge in [0.05, 0.1) is 12.7 Å². The quantitative estimate of drug-likeness (QED) is 0.924. The number of anilines is 1. The minimum Gasteiger partial charge on any atom is -0.496 e. The number of rotatable bonds is 3. The highest BCUT2D eigenvalue weighted by Gasteiger charge is 2.40. The second-order valence-electron chi connectivity index (χ2n) is 5.85. The zero-order valence-electron chi connectivity index (χ0n) is 12.3. The Morgan fingerprint density at radius 2 is 2.35 bits per heavy atom. The van der Waals surface area contributed by atoms with Crippen LogP contribution in [0.3, 0.4) is 0 Å². The number of aryl methyl sites for hydroxylation is 1. The van der Waals surface area contributed by atoms with Gasteiger partial charge < -0.3 is 14.8 Å². The Balaban J connectivity index is 1.66. The molecule has 1 aromatic rings. The van der Waals surface area contributed by atoms with Crippen LogP contribution in [0.5, 0.6) is 5.75 Å².